The van der Waals surface area contributed by atoms with Gasteiger partial charge < -0.3 is 23.7 Å². The van der Waals surface area contributed by atoms with Crippen LogP contribution in [-0.2, 0) is 11.3 Å². The van der Waals surface area contributed by atoms with Gasteiger partial charge in [0.2, 0.25) is 12.7 Å². The van der Waals surface area contributed by atoms with Crippen molar-refractivity contribution in [3.8, 4) is 11.5 Å². The number of carbonyl (C=O) groups excluding carboxylic acids is 2. The fourth-order valence-electron chi connectivity index (χ4n) is 4.49. The Balaban J connectivity index is 1.33. The Labute approximate surface area is 168 Å². The molecule has 152 valence electrons. The Morgan fingerprint density at radius 3 is 2.76 bits per heavy atom. The van der Waals surface area contributed by atoms with E-state index in [2.05, 4.69) is 5.32 Å². The van der Waals surface area contributed by atoms with E-state index in [1.165, 1.54) is 6.26 Å². The van der Waals surface area contributed by atoms with Gasteiger partial charge in [0, 0.05) is 32.5 Å². The van der Waals surface area contributed by atoms with Crippen LogP contribution >= 0.6 is 0 Å². The van der Waals surface area contributed by atoms with Gasteiger partial charge in [-0.15, -0.1) is 0 Å². The van der Waals surface area contributed by atoms with Crippen molar-refractivity contribution in [3.63, 3.8) is 0 Å². The molecule has 0 aliphatic carbocycles. The first-order valence-electron chi connectivity index (χ1n) is 9.86. The number of furan rings is 1. The molecule has 5 rings (SSSR count). The van der Waals surface area contributed by atoms with E-state index < -0.39 is 5.66 Å². The number of benzene rings is 1. The fourth-order valence-corrected chi connectivity index (χ4v) is 4.49. The first-order chi connectivity index (χ1) is 14.1. The molecule has 1 aromatic carbocycles. The molecule has 1 aromatic heterocycles. The van der Waals surface area contributed by atoms with Crippen molar-refractivity contribution in [1.82, 2.24) is 15.1 Å². The van der Waals surface area contributed by atoms with E-state index in [0.29, 0.717) is 44.0 Å². The van der Waals surface area contributed by atoms with Gasteiger partial charge in [-0.1, -0.05) is 6.07 Å². The Morgan fingerprint density at radius 2 is 2.00 bits per heavy atom. The third-order valence-corrected chi connectivity index (χ3v) is 6.03. The van der Waals surface area contributed by atoms with Crippen molar-refractivity contribution in [2.24, 2.45) is 0 Å². The highest BCUT2D eigenvalue weighted by Crippen LogP contribution is 2.37. The minimum atomic E-state index is -0.452. The van der Waals surface area contributed by atoms with E-state index in [-0.39, 0.29) is 24.6 Å². The highest BCUT2D eigenvalue weighted by Gasteiger charge is 2.50. The topological polar surface area (TPSA) is 84.2 Å². The van der Waals surface area contributed by atoms with Gasteiger partial charge >= 0.3 is 0 Å². The maximum atomic E-state index is 12.9. The number of likely N-dealkylation sites (tertiary alicyclic amines) is 1. The summed E-state index contributed by atoms with van der Waals surface area (Å²) in [6, 6.07) is 8.92. The Hall–Kier alpha value is -3.00. The third-order valence-electron chi connectivity index (χ3n) is 6.03. The second-order valence-electron chi connectivity index (χ2n) is 7.78. The monoisotopic (exact) mass is 397 g/mol. The molecular weight excluding hydrogens is 374 g/mol. The predicted molar refractivity (Wildman–Crippen MR) is 102 cm³/mol. The summed E-state index contributed by atoms with van der Waals surface area (Å²) in [6.45, 7) is 3.72. The van der Waals surface area contributed by atoms with E-state index in [1.807, 2.05) is 30.0 Å². The van der Waals surface area contributed by atoms with E-state index in [0.717, 1.165) is 11.3 Å². The molecule has 8 heteroatoms. The SMILES string of the molecule is CC1NC2(CCN(C(=O)c3ccco3)CC2)N(Cc2ccc3c(c2)OCO3)C1=O. The van der Waals surface area contributed by atoms with Crippen LogP contribution in [-0.4, -0.2) is 53.2 Å². The number of hydrogen-bond acceptors (Lipinski definition) is 6. The molecule has 2 amide bonds. The minimum absolute atomic E-state index is 0.0773. The molecule has 3 aliphatic rings. The molecule has 1 N–H and O–H groups in total. The zero-order chi connectivity index (χ0) is 20.0. The number of ether oxygens (including phenoxy) is 2. The van der Waals surface area contributed by atoms with Gasteiger partial charge in [0.1, 0.15) is 0 Å². The van der Waals surface area contributed by atoms with Crippen LogP contribution in [0.4, 0.5) is 0 Å². The van der Waals surface area contributed by atoms with Gasteiger partial charge in [0.25, 0.3) is 5.91 Å². The van der Waals surface area contributed by atoms with Crippen LogP contribution in [0.3, 0.4) is 0 Å². The lowest BCUT2D eigenvalue weighted by Crippen LogP contribution is -2.59. The number of fused-ring (bicyclic) bond motifs is 1. The number of hydrogen-bond donors (Lipinski definition) is 1. The van der Waals surface area contributed by atoms with Gasteiger partial charge in [-0.3, -0.25) is 14.9 Å². The molecule has 4 heterocycles. The fraction of sp³-hybridized carbons (Fsp3) is 0.429. The van der Waals surface area contributed by atoms with Crippen molar-refractivity contribution < 1.29 is 23.5 Å². The Bertz CT molecular complexity index is 934. The van der Waals surface area contributed by atoms with E-state index in [1.54, 1.807) is 17.0 Å². The quantitative estimate of drug-likeness (QED) is 0.853. The second-order valence-corrected chi connectivity index (χ2v) is 7.78. The zero-order valence-electron chi connectivity index (χ0n) is 16.2. The number of carbonyl (C=O) groups is 2. The highest BCUT2D eigenvalue weighted by molar-refractivity contribution is 5.91. The van der Waals surface area contributed by atoms with Crippen LogP contribution in [0.2, 0.25) is 0 Å². The number of nitrogens with zero attached hydrogens (tertiary/aromatic N) is 2. The molecule has 2 aromatic rings. The normalized spacial score (nSPS) is 22.5. The van der Waals surface area contributed by atoms with Crippen molar-refractivity contribution in [1.29, 1.82) is 0 Å². The summed E-state index contributed by atoms with van der Waals surface area (Å²) in [5.74, 6) is 1.76. The van der Waals surface area contributed by atoms with E-state index >= 15 is 0 Å². The Kier molecular flexibility index (Phi) is 4.24. The first kappa shape index (κ1) is 18.1. The number of amides is 2. The first-order valence-corrected chi connectivity index (χ1v) is 9.86. The van der Waals surface area contributed by atoms with Crippen LogP contribution in [0.1, 0.15) is 35.9 Å². The second kappa shape index (κ2) is 6.81. The smallest absolute Gasteiger partial charge is 0.289 e. The maximum Gasteiger partial charge on any atom is 0.289 e. The molecule has 1 spiro atoms. The summed E-state index contributed by atoms with van der Waals surface area (Å²) in [6.07, 6.45) is 2.84. The van der Waals surface area contributed by atoms with Crippen molar-refractivity contribution in [3.05, 3.63) is 47.9 Å². The van der Waals surface area contributed by atoms with E-state index in [4.69, 9.17) is 13.9 Å². The average molecular weight is 397 g/mol. The highest BCUT2D eigenvalue weighted by atomic mass is 16.7. The third kappa shape index (κ3) is 3.04. The molecular formula is C21H23N3O5. The minimum Gasteiger partial charge on any atom is -0.459 e. The van der Waals surface area contributed by atoms with Crippen LogP contribution in [0.5, 0.6) is 11.5 Å². The molecule has 29 heavy (non-hydrogen) atoms. The average Bonchev–Trinajstić information content (AvgIpc) is 3.46. The summed E-state index contributed by atoms with van der Waals surface area (Å²) in [4.78, 5) is 29.2. The standard InChI is InChI=1S/C21H23N3O5/c1-14-19(25)24(12-15-4-5-16-18(11-15)29-13-28-16)21(22-14)6-8-23(9-7-21)20(26)17-3-2-10-27-17/h2-5,10-11,14,22H,6-9,12-13H2,1H3. The largest absolute Gasteiger partial charge is 0.459 e. The summed E-state index contributed by atoms with van der Waals surface area (Å²) in [5.41, 5.74) is 0.541. The molecule has 8 nitrogen and oxygen atoms in total. The van der Waals surface area contributed by atoms with Gasteiger partial charge in [-0.25, -0.2) is 0 Å². The van der Waals surface area contributed by atoms with Gasteiger partial charge in [0.05, 0.1) is 18.0 Å². The summed E-state index contributed by atoms with van der Waals surface area (Å²) >= 11 is 0. The van der Waals surface area contributed by atoms with Crippen LogP contribution < -0.4 is 14.8 Å². The zero-order valence-corrected chi connectivity index (χ0v) is 16.2. The number of rotatable bonds is 3. The summed E-state index contributed by atoms with van der Waals surface area (Å²) in [7, 11) is 0. The van der Waals surface area contributed by atoms with Gasteiger partial charge in [-0.2, -0.15) is 0 Å². The lowest BCUT2D eigenvalue weighted by atomic mass is 9.95. The Morgan fingerprint density at radius 1 is 1.21 bits per heavy atom. The lowest BCUT2D eigenvalue weighted by molar-refractivity contribution is -0.133. The lowest BCUT2D eigenvalue weighted by Gasteiger charge is -2.44. The molecule has 2 saturated heterocycles. The summed E-state index contributed by atoms with van der Waals surface area (Å²) < 4.78 is 16.1. The van der Waals surface area contributed by atoms with Gasteiger partial charge in [0.15, 0.2) is 17.3 Å². The molecule has 0 radical (unpaired) electrons. The predicted octanol–water partition coefficient (Wildman–Crippen LogP) is 1.96. The molecule has 3 aliphatic heterocycles. The van der Waals surface area contributed by atoms with Crippen LogP contribution in [0, 0.1) is 0 Å². The van der Waals surface area contributed by atoms with Crippen LogP contribution in [0.25, 0.3) is 0 Å². The molecule has 1 unspecified atom stereocenters. The molecule has 0 bridgehead atoms. The number of piperidine rings is 1. The number of nitrogens with one attached hydrogen (secondary N) is 1. The summed E-state index contributed by atoms with van der Waals surface area (Å²) in [5, 5.41) is 3.49. The molecule has 2 fully saturated rings. The van der Waals surface area contributed by atoms with Crippen molar-refractivity contribution in [2.45, 2.75) is 38.0 Å². The molecule has 1 atom stereocenters. The van der Waals surface area contributed by atoms with Gasteiger partial charge in [-0.05, 0) is 36.8 Å². The van der Waals surface area contributed by atoms with Crippen molar-refractivity contribution >= 4 is 11.8 Å². The van der Waals surface area contributed by atoms with E-state index in [9.17, 15) is 9.59 Å². The molecule has 0 saturated carbocycles. The van der Waals surface area contributed by atoms with Crippen LogP contribution in [0.15, 0.2) is 41.0 Å². The maximum absolute atomic E-state index is 12.9. The van der Waals surface area contributed by atoms with Crippen molar-refractivity contribution in [2.75, 3.05) is 19.9 Å².